The van der Waals surface area contributed by atoms with Gasteiger partial charge in [0, 0.05) is 18.8 Å². The molecule has 1 spiro atoms. The fourth-order valence-corrected chi connectivity index (χ4v) is 5.58. The lowest BCUT2D eigenvalue weighted by Gasteiger charge is -2.62. The molecule has 164 valence electrons. The number of hydrogen-bond acceptors (Lipinski definition) is 6. The fourth-order valence-electron chi connectivity index (χ4n) is 5.58. The molecule has 5 fully saturated rings. The van der Waals surface area contributed by atoms with Gasteiger partial charge >= 0.3 is 24.0 Å². The van der Waals surface area contributed by atoms with E-state index in [9.17, 15) is 31.5 Å². The topological polar surface area (TPSA) is 71.1 Å². The van der Waals surface area contributed by atoms with Gasteiger partial charge in [-0.25, -0.2) is 9.59 Å². The van der Waals surface area contributed by atoms with Crippen LogP contribution in [0.1, 0.15) is 39.0 Å². The number of alkyl halides is 5. The summed E-state index contributed by atoms with van der Waals surface area (Å²) in [5.41, 5.74) is -0.994. The van der Waals surface area contributed by atoms with Crippen LogP contribution in [0.2, 0.25) is 0 Å². The third kappa shape index (κ3) is 3.60. The van der Waals surface area contributed by atoms with Crippen molar-refractivity contribution in [1.29, 1.82) is 0 Å². The Bertz CT molecular complexity index is 686. The van der Waals surface area contributed by atoms with Gasteiger partial charge in [0.25, 0.3) is 0 Å². The number of halogens is 5. The van der Waals surface area contributed by atoms with Crippen molar-refractivity contribution in [3.63, 3.8) is 0 Å². The highest BCUT2D eigenvalue weighted by atomic mass is 19.4. The van der Waals surface area contributed by atoms with Crippen molar-refractivity contribution < 1.29 is 50.5 Å². The molecule has 1 saturated heterocycles. The van der Waals surface area contributed by atoms with Crippen molar-refractivity contribution in [2.45, 2.75) is 68.6 Å². The molecule has 3 unspecified atom stereocenters. The first kappa shape index (κ1) is 20.8. The summed E-state index contributed by atoms with van der Waals surface area (Å²) in [5, 5.41) is 0. The minimum absolute atomic E-state index is 0.0391. The Balaban J connectivity index is 1.43. The summed E-state index contributed by atoms with van der Waals surface area (Å²) in [6, 6.07) is 0. The van der Waals surface area contributed by atoms with Crippen molar-refractivity contribution in [2.24, 2.45) is 17.8 Å². The Morgan fingerprint density at radius 2 is 1.66 bits per heavy atom. The highest BCUT2D eigenvalue weighted by molar-refractivity contribution is 5.77. The van der Waals surface area contributed by atoms with Crippen LogP contribution in [0.5, 0.6) is 0 Å². The summed E-state index contributed by atoms with van der Waals surface area (Å²) in [5.74, 6) is -8.82. The molecule has 3 atom stereocenters. The number of hydrogen-bond donors (Lipinski definition) is 0. The second-order valence-corrected chi connectivity index (χ2v) is 8.67. The standard InChI is InChI=1S/C18H21F5O6/c1-15(19,20)13(24)29-16-4-9-2-10(5-16)17(11(3-9)6-16)27-8-12(28-17)7-26-14(25)18(21,22)23/h9-12H,2-8H2,1H3. The third-order valence-corrected chi connectivity index (χ3v) is 6.42. The number of rotatable bonds is 4. The van der Waals surface area contributed by atoms with Crippen molar-refractivity contribution in [2.75, 3.05) is 13.2 Å². The van der Waals surface area contributed by atoms with Gasteiger partial charge in [0.15, 0.2) is 5.79 Å². The van der Waals surface area contributed by atoms with E-state index in [-0.39, 0.29) is 37.2 Å². The number of carbonyl (C=O) groups excluding carboxylic acids is 2. The number of esters is 2. The van der Waals surface area contributed by atoms with Crippen LogP contribution < -0.4 is 0 Å². The van der Waals surface area contributed by atoms with Gasteiger partial charge in [-0.15, -0.1) is 0 Å². The van der Waals surface area contributed by atoms with Crippen LogP contribution in [0.3, 0.4) is 0 Å². The lowest BCUT2D eigenvalue weighted by atomic mass is 9.51. The molecule has 4 bridgehead atoms. The van der Waals surface area contributed by atoms with Crippen LogP contribution in [0.15, 0.2) is 0 Å². The van der Waals surface area contributed by atoms with Gasteiger partial charge in [0.1, 0.15) is 18.3 Å². The maximum absolute atomic E-state index is 13.3. The molecule has 0 aromatic rings. The second kappa shape index (κ2) is 6.50. The maximum Gasteiger partial charge on any atom is 0.490 e. The predicted octanol–water partition coefficient (Wildman–Crippen LogP) is 2.98. The Labute approximate surface area is 163 Å². The van der Waals surface area contributed by atoms with Crippen LogP contribution in [0, 0.1) is 17.8 Å². The molecular weight excluding hydrogens is 407 g/mol. The summed E-state index contributed by atoms with van der Waals surface area (Å²) in [4.78, 5) is 22.7. The summed E-state index contributed by atoms with van der Waals surface area (Å²) >= 11 is 0. The lowest BCUT2D eigenvalue weighted by Crippen LogP contribution is -2.65. The number of carbonyl (C=O) groups is 2. The summed E-state index contributed by atoms with van der Waals surface area (Å²) < 4.78 is 84.9. The summed E-state index contributed by atoms with van der Waals surface area (Å²) in [6.07, 6.45) is -3.48. The van der Waals surface area contributed by atoms with Crippen LogP contribution >= 0.6 is 0 Å². The molecule has 1 heterocycles. The Kier molecular flexibility index (Phi) is 4.66. The smallest absolute Gasteiger partial charge is 0.456 e. The molecule has 5 rings (SSSR count). The van der Waals surface area contributed by atoms with E-state index in [4.69, 9.17) is 14.2 Å². The third-order valence-electron chi connectivity index (χ3n) is 6.42. The van der Waals surface area contributed by atoms with Crippen molar-refractivity contribution in [3.8, 4) is 0 Å². The molecule has 5 aliphatic rings. The van der Waals surface area contributed by atoms with Gasteiger partial charge < -0.3 is 18.9 Å². The SMILES string of the molecule is CC(F)(F)C(=O)OC12CC3CC(C1)C1(OCC(COC(=O)C(F)(F)F)O1)C(C3)C2. The molecule has 0 radical (unpaired) electrons. The van der Waals surface area contributed by atoms with Gasteiger partial charge in [-0.3, -0.25) is 0 Å². The van der Waals surface area contributed by atoms with E-state index in [0.29, 0.717) is 26.2 Å². The first-order valence-corrected chi connectivity index (χ1v) is 9.50. The van der Waals surface area contributed by atoms with Gasteiger partial charge in [0.2, 0.25) is 0 Å². The first-order valence-electron chi connectivity index (χ1n) is 9.50. The highest BCUT2D eigenvalue weighted by Gasteiger charge is 2.68. The van der Waals surface area contributed by atoms with E-state index in [1.807, 2.05) is 0 Å². The average Bonchev–Trinajstić information content (AvgIpc) is 3.00. The minimum Gasteiger partial charge on any atom is -0.456 e. The zero-order chi connectivity index (χ0) is 21.2. The van der Waals surface area contributed by atoms with Crippen molar-refractivity contribution in [3.05, 3.63) is 0 Å². The van der Waals surface area contributed by atoms with Gasteiger partial charge in [-0.1, -0.05) is 0 Å². The number of ether oxygens (including phenoxy) is 4. The van der Waals surface area contributed by atoms with E-state index < -0.39 is 48.1 Å². The van der Waals surface area contributed by atoms with Gasteiger partial charge in [0.05, 0.1) is 6.61 Å². The Morgan fingerprint density at radius 1 is 1.03 bits per heavy atom. The van der Waals surface area contributed by atoms with Gasteiger partial charge in [-0.2, -0.15) is 22.0 Å². The molecule has 11 heteroatoms. The molecule has 4 aliphatic carbocycles. The van der Waals surface area contributed by atoms with Crippen LogP contribution in [0.25, 0.3) is 0 Å². The summed E-state index contributed by atoms with van der Waals surface area (Å²) in [6.45, 7) is -0.138. The quantitative estimate of drug-likeness (QED) is 0.507. The largest absolute Gasteiger partial charge is 0.490 e. The zero-order valence-electron chi connectivity index (χ0n) is 15.6. The zero-order valence-corrected chi connectivity index (χ0v) is 15.6. The van der Waals surface area contributed by atoms with E-state index in [1.54, 1.807) is 0 Å². The summed E-state index contributed by atoms with van der Waals surface area (Å²) in [7, 11) is 0. The second-order valence-electron chi connectivity index (χ2n) is 8.67. The molecule has 0 aromatic heterocycles. The minimum atomic E-state index is -5.09. The molecule has 4 saturated carbocycles. The van der Waals surface area contributed by atoms with Crippen molar-refractivity contribution in [1.82, 2.24) is 0 Å². The molecule has 29 heavy (non-hydrogen) atoms. The van der Waals surface area contributed by atoms with E-state index in [2.05, 4.69) is 4.74 Å². The molecular formula is C18H21F5O6. The molecule has 1 aliphatic heterocycles. The van der Waals surface area contributed by atoms with E-state index in [0.717, 1.165) is 0 Å². The highest BCUT2D eigenvalue weighted by Crippen LogP contribution is 2.64. The molecule has 0 amide bonds. The lowest BCUT2D eigenvalue weighted by molar-refractivity contribution is -0.322. The maximum atomic E-state index is 13.3. The molecule has 0 N–H and O–H groups in total. The normalized spacial score (nSPS) is 41.0. The van der Waals surface area contributed by atoms with Crippen LogP contribution in [-0.4, -0.2) is 54.7 Å². The molecule has 0 aromatic carbocycles. The molecule has 6 nitrogen and oxygen atoms in total. The Hall–Kier alpha value is -1.49. The predicted molar refractivity (Wildman–Crippen MR) is 83.6 cm³/mol. The van der Waals surface area contributed by atoms with Crippen molar-refractivity contribution >= 4 is 11.9 Å². The first-order chi connectivity index (χ1) is 13.3. The monoisotopic (exact) mass is 428 g/mol. The fraction of sp³-hybridized carbons (Fsp3) is 0.889. The van der Waals surface area contributed by atoms with E-state index >= 15 is 0 Å². The van der Waals surface area contributed by atoms with Crippen LogP contribution in [0.4, 0.5) is 22.0 Å². The average molecular weight is 428 g/mol. The van der Waals surface area contributed by atoms with Gasteiger partial charge in [-0.05, 0) is 38.0 Å². The Morgan fingerprint density at radius 3 is 2.21 bits per heavy atom. The van der Waals surface area contributed by atoms with Crippen LogP contribution in [-0.2, 0) is 28.5 Å². The van der Waals surface area contributed by atoms with E-state index in [1.165, 1.54) is 0 Å².